The van der Waals surface area contributed by atoms with Gasteiger partial charge in [-0.05, 0) is 0 Å². The van der Waals surface area contributed by atoms with Gasteiger partial charge in [0, 0.05) is 0 Å². The van der Waals surface area contributed by atoms with Crippen LogP contribution in [0.1, 0.15) is 0 Å². The summed E-state index contributed by atoms with van der Waals surface area (Å²) in [7, 11) is 0. The fraction of sp³-hybridized carbons (Fsp3) is 1.00. The molecule has 0 saturated heterocycles. The Hall–Kier alpha value is 0.562. The summed E-state index contributed by atoms with van der Waals surface area (Å²) in [4.78, 5) is 0. The third kappa shape index (κ3) is 17.7. The van der Waals surface area contributed by atoms with E-state index in [1.807, 2.05) is 0 Å². The van der Waals surface area contributed by atoms with E-state index < -0.39 is 6.10 Å². The van der Waals surface area contributed by atoms with E-state index in [1.165, 1.54) is 0 Å². The van der Waals surface area contributed by atoms with Crippen LogP contribution in [0.15, 0.2) is 0 Å². The Balaban J connectivity index is -0.000000109. The zero-order chi connectivity index (χ0) is 6.99. The summed E-state index contributed by atoms with van der Waals surface area (Å²) in [5, 5.41) is 24.0. The van der Waals surface area contributed by atoms with Crippen molar-refractivity contribution >= 4 is 25.8 Å². The summed E-state index contributed by atoms with van der Waals surface area (Å²) < 4.78 is 8.39. The van der Waals surface area contributed by atoms with Gasteiger partial charge in [0.1, 0.15) is 6.10 Å². The molecule has 0 saturated carbocycles. The van der Waals surface area contributed by atoms with Gasteiger partial charge in [0.2, 0.25) is 0 Å². The van der Waals surface area contributed by atoms with E-state index in [0.29, 0.717) is 0 Å². The van der Waals surface area contributed by atoms with Crippen molar-refractivity contribution in [2.75, 3.05) is 13.2 Å². The molecule has 0 aliphatic heterocycles. The summed E-state index contributed by atoms with van der Waals surface area (Å²) in [6.07, 6.45) is -0.954. The van der Waals surface area contributed by atoms with Crippen LogP contribution in [0.2, 0.25) is 0 Å². The second kappa shape index (κ2) is 15.8. The fourth-order valence-corrected chi connectivity index (χ4v) is 0.0577. The average Bonchev–Trinajstić information content (AvgIpc) is 1.91. The molecule has 5 N–H and O–H groups in total. The predicted octanol–water partition coefficient (Wildman–Crippen LogP) is -2.99. The van der Waals surface area contributed by atoms with Gasteiger partial charge in [-0.15, -0.1) is 0 Å². The quantitative estimate of drug-likeness (QED) is 0.468. The summed E-state index contributed by atoms with van der Waals surface area (Å²) in [6, 6.07) is 0. The zero-order valence-corrected chi connectivity index (χ0v) is 8.63. The van der Waals surface area contributed by atoms with Crippen LogP contribution in [0.3, 0.4) is 0 Å². The minimum absolute atomic E-state index is 0. The number of aliphatic hydroxyl groups excluding tert-OH is 3. The van der Waals surface area contributed by atoms with Gasteiger partial charge in [0.15, 0.2) is 0 Å². The van der Waals surface area contributed by atoms with E-state index in [-0.39, 0.29) is 44.5 Å². The second-order valence-corrected chi connectivity index (χ2v) is 1.02. The topological polar surface area (TPSA) is 109 Å². The van der Waals surface area contributed by atoms with Gasteiger partial charge in [-0.25, -0.2) is 0 Å². The fourth-order valence-electron chi connectivity index (χ4n) is 0.0577. The predicted molar refractivity (Wildman–Crippen MR) is 30.2 cm³/mol. The molecule has 0 amide bonds. The van der Waals surface area contributed by atoms with Crippen LogP contribution in [-0.2, 0) is 2.69 Å². The molecule has 0 aromatic carbocycles. The molecule has 0 aliphatic rings. The molecule has 0 rings (SSSR count). The molecule has 0 heterocycles. The van der Waals surface area contributed by atoms with E-state index >= 15 is 0 Å². The maximum absolute atomic E-state index is 8.39. The Bertz CT molecular complexity index is 39.2. The molecule has 0 fully saturated rings. The molecular weight excluding hydrogens is 323 g/mol. The van der Waals surface area contributed by atoms with Gasteiger partial charge in [0.25, 0.3) is 0 Å². The zero-order valence-electron chi connectivity index (χ0n) is 4.74. The van der Waals surface area contributed by atoms with Crippen molar-refractivity contribution in [3.8, 4) is 0 Å². The standard InChI is InChI=1S/C3H8O3.H2O.O.Pb/c4-1-3(6)2-5;;;/h3-6H,1-2H2;1H2;;. The average molecular weight is 333 g/mol. The van der Waals surface area contributed by atoms with Crippen LogP contribution in [-0.4, -0.2) is 65.9 Å². The van der Waals surface area contributed by atoms with Crippen LogP contribution < -0.4 is 0 Å². The monoisotopic (exact) mass is 334 g/mol. The van der Waals surface area contributed by atoms with Gasteiger partial charge >= 0.3 is 28.5 Å². The van der Waals surface area contributed by atoms with E-state index in [0.717, 1.165) is 0 Å². The minimum atomic E-state index is -0.954. The molecule has 6 heteroatoms. The van der Waals surface area contributed by atoms with Crippen molar-refractivity contribution < 1.29 is 23.5 Å². The van der Waals surface area contributed by atoms with Crippen molar-refractivity contribution in [2.24, 2.45) is 0 Å². The number of aliphatic hydroxyl groups is 3. The molecule has 0 spiro atoms. The molecule has 9 heavy (non-hydrogen) atoms. The first-order valence-corrected chi connectivity index (χ1v) is 3.50. The molecule has 2 radical (unpaired) electrons. The normalized spacial score (nSPS) is 7.11. The number of rotatable bonds is 2. The SMILES string of the molecule is O.OCC(O)CO.[O]=[Pb]. The van der Waals surface area contributed by atoms with Gasteiger partial charge in [-0.2, -0.15) is 0 Å². The van der Waals surface area contributed by atoms with Crippen LogP contribution in [0.25, 0.3) is 0 Å². The van der Waals surface area contributed by atoms with Crippen molar-refractivity contribution in [1.82, 2.24) is 0 Å². The van der Waals surface area contributed by atoms with Crippen molar-refractivity contribution in [1.29, 1.82) is 0 Å². The number of hydrogen-bond acceptors (Lipinski definition) is 4. The van der Waals surface area contributed by atoms with Gasteiger partial charge < -0.3 is 20.8 Å². The first kappa shape index (κ1) is 16.3. The van der Waals surface area contributed by atoms with Gasteiger partial charge in [0.05, 0.1) is 13.2 Å². The van der Waals surface area contributed by atoms with E-state index in [2.05, 4.69) is 0 Å². The summed E-state index contributed by atoms with van der Waals surface area (Å²) in [5.74, 6) is 0. The van der Waals surface area contributed by atoms with Crippen LogP contribution in [0.4, 0.5) is 0 Å². The van der Waals surface area contributed by atoms with Crippen molar-refractivity contribution in [3.63, 3.8) is 0 Å². The maximum atomic E-state index is 8.39. The molecule has 5 nitrogen and oxygen atoms in total. The summed E-state index contributed by atoms with van der Waals surface area (Å²) >= 11 is 0.0556. The molecule has 0 aromatic heterocycles. The first-order valence-electron chi connectivity index (χ1n) is 1.91. The number of hydrogen-bond donors (Lipinski definition) is 3. The van der Waals surface area contributed by atoms with Crippen LogP contribution in [0.5, 0.6) is 0 Å². The van der Waals surface area contributed by atoms with E-state index in [9.17, 15) is 0 Å². The van der Waals surface area contributed by atoms with E-state index in [4.69, 9.17) is 18.0 Å². The molecule has 56 valence electrons. The van der Waals surface area contributed by atoms with Crippen molar-refractivity contribution in [2.45, 2.75) is 6.10 Å². The van der Waals surface area contributed by atoms with Gasteiger partial charge in [-0.3, -0.25) is 0 Å². The third-order valence-corrected chi connectivity index (χ3v) is 0.421. The Morgan fingerprint density at radius 3 is 1.44 bits per heavy atom. The Morgan fingerprint density at radius 1 is 1.22 bits per heavy atom. The van der Waals surface area contributed by atoms with Crippen LogP contribution in [0, 0.1) is 0 Å². The van der Waals surface area contributed by atoms with E-state index in [1.54, 1.807) is 0 Å². The Morgan fingerprint density at radius 2 is 1.44 bits per heavy atom. The molecular formula is C3H10O5Pb. The van der Waals surface area contributed by atoms with Gasteiger partial charge in [-0.1, -0.05) is 0 Å². The Labute approximate surface area is 68.8 Å². The first-order chi connectivity index (χ1) is 3.81. The van der Waals surface area contributed by atoms with Crippen molar-refractivity contribution in [3.05, 3.63) is 0 Å². The van der Waals surface area contributed by atoms with Crippen LogP contribution >= 0.6 is 0 Å². The Kier molecular flexibility index (Phi) is 28.6. The second-order valence-electron chi connectivity index (χ2n) is 1.02. The third-order valence-electron chi connectivity index (χ3n) is 0.421. The molecule has 0 unspecified atom stereocenters. The molecule has 0 bridgehead atoms. The summed E-state index contributed by atoms with van der Waals surface area (Å²) in [5.41, 5.74) is 0. The molecule has 0 aliphatic carbocycles. The molecule has 0 aromatic rings. The summed E-state index contributed by atoms with van der Waals surface area (Å²) in [6.45, 7) is -0.729. The molecule has 0 atom stereocenters.